The molecule has 33 heavy (non-hydrogen) atoms. The molecule has 6 nitrogen and oxygen atoms in total. The lowest BCUT2D eigenvalue weighted by molar-refractivity contribution is 0.104. The number of carbonyl (C=O) groups is 1. The zero-order chi connectivity index (χ0) is 23.4. The van der Waals surface area contributed by atoms with Crippen LogP contribution in [-0.4, -0.2) is 20.4 Å². The van der Waals surface area contributed by atoms with Crippen LogP contribution in [0.3, 0.4) is 0 Å². The maximum Gasteiger partial charge on any atom is 0.396 e. The molecule has 0 saturated heterocycles. The van der Waals surface area contributed by atoms with Gasteiger partial charge in [0.05, 0.1) is 0 Å². The molecule has 0 bridgehead atoms. The Kier molecular flexibility index (Phi) is 6.43. The third kappa shape index (κ3) is 5.57. The van der Waals surface area contributed by atoms with Gasteiger partial charge in [-0.2, -0.15) is 0 Å². The second kappa shape index (κ2) is 9.43. The summed E-state index contributed by atoms with van der Waals surface area (Å²) in [6, 6.07) is 28.8. The van der Waals surface area contributed by atoms with Crippen molar-refractivity contribution < 1.29 is 29.0 Å². The molecule has 4 aromatic carbocycles. The predicted molar refractivity (Wildman–Crippen MR) is 126 cm³/mol. The van der Waals surface area contributed by atoms with E-state index in [0.29, 0.717) is 17.1 Å². The molecule has 7 heteroatoms. The maximum absolute atomic E-state index is 11.8. The van der Waals surface area contributed by atoms with Gasteiger partial charge in [-0.1, -0.05) is 54.6 Å². The summed E-state index contributed by atoms with van der Waals surface area (Å²) in [6.45, 7) is 0. The highest BCUT2D eigenvalue weighted by Gasteiger charge is 2.27. The van der Waals surface area contributed by atoms with E-state index in [1.807, 2.05) is 66.7 Å². The van der Waals surface area contributed by atoms with Gasteiger partial charge in [0.15, 0.2) is 0 Å². The van der Waals surface area contributed by atoms with Gasteiger partial charge in [-0.05, 0) is 64.7 Å². The number of phenolic OH excluding ortho intramolecular Hbond substituents is 1. The Bertz CT molecular complexity index is 1310. The first-order valence-corrected chi connectivity index (χ1v) is 11.8. The van der Waals surface area contributed by atoms with Crippen LogP contribution < -0.4 is 4.74 Å². The summed E-state index contributed by atoms with van der Waals surface area (Å²) in [7, 11) is -4.89. The zero-order valence-corrected chi connectivity index (χ0v) is 18.4. The molecular formula is C26H21O6P. The quantitative estimate of drug-likeness (QED) is 0.303. The average molecular weight is 460 g/mol. The summed E-state index contributed by atoms with van der Waals surface area (Å²) in [4.78, 5) is 30.0. The van der Waals surface area contributed by atoms with Gasteiger partial charge >= 0.3 is 7.60 Å². The average Bonchev–Trinajstić information content (AvgIpc) is 2.82. The first-order chi connectivity index (χ1) is 15.8. The SMILES string of the molecule is O=C(c1ccc(O)c(Cc2ccc(Oc3ccc(-c4ccccc4)cc3)cc2)c1)P(=O)(O)O. The van der Waals surface area contributed by atoms with Gasteiger partial charge in [-0.3, -0.25) is 9.36 Å². The van der Waals surface area contributed by atoms with Crippen LogP contribution in [0.2, 0.25) is 0 Å². The van der Waals surface area contributed by atoms with Crippen molar-refractivity contribution in [3.05, 3.63) is 114 Å². The molecule has 0 radical (unpaired) electrons. The van der Waals surface area contributed by atoms with Crippen molar-refractivity contribution in [1.29, 1.82) is 0 Å². The van der Waals surface area contributed by atoms with Crippen molar-refractivity contribution in [3.8, 4) is 28.4 Å². The van der Waals surface area contributed by atoms with E-state index < -0.39 is 13.1 Å². The third-order valence-corrected chi connectivity index (χ3v) is 5.89. The number of phenols is 1. The van der Waals surface area contributed by atoms with Crippen LogP contribution >= 0.6 is 7.60 Å². The number of hydrogen-bond acceptors (Lipinski definition) is 4. The molecule has 4 aromatic rings. The molecule has 0 fully saturated rings. The molecule has 0 aromatic heterocycles. The van der Waals surface area contributed by atoms with Crippen molar-refractivity contribution in [2.75, 3.05) is 0 Å². The first kappa shape index (κ1) is 22.5. The van der Waals surface area contributed by atoms with Gasteiger partial charge in [0.1, 0.15) is 17.2 Å². The molecule has 0 heterocycles. The van der Waals surface area contributed by atoms with Crippen LogP contribution in [0.15, 0.2) is 97.1 Å². The number of carbonyl (C=O) groups excluding carboxylic acids is 1. The lowest BCUT2D eigenvalue weighted by atomic mass is 10.0. The minimum atomic E-state index is -4.89. The number of ether oxygens (including phenoxy) is 1. The fourth-order valence-corrected chi connectivity index (χ4v) is 3.88. The number of aromatic hydroxyl groups is 1. The molecule has 0 unspecified atom stereocenters. The fraction of sp³-hybridized carbons (Fsp3) is 0.0385. The Labute approximate surface area is 190 Å². The standard InChI is InChI=1S/C26H21O6P/c27-25-15-10-21(26(28)33(29,30)31)17-22(25)16-18-6-11-23(12-7-18)32-24-13-8-20(9-14-24)19-4-2-1-3-5-19/h1-15,17,27H,16H2,(H2,29,30,31). The lowest BCUT2D eigenvalue weighted by Gasteiger charge is -2.10. The monoisotopic (exact) mass is 460 g/mol. The van der Waals surface area contributed by atoms with Gasteiger partial charge in [-0.25, -0.2) is 0 Å². The van der Waals surface area contributed by atoms with Crippen LogP contribution in [0, 0.1) is 0 Å². The minimum absolute atomic E-state index is 0.0592. The Morgan fingerprint density at radius 3 is 1.94 bits per heavy atom. The lowest BCUT2D eigenvalue weighted by Crippen LogP contribution is -2.01. The third-order valence-electron chi connectivity index (χ3n) is 5.11. The smallest absolute Gasteiger partial charge is 0.396 e. The van der Waals surface area contributed by atoms with Gasteiger partial charge in [-0.15, -0.1) is 0 Å². The van der Waals surface area contributed by atoms with Gasteiger partial charge < -0.3 is 19.6 Å². The molecule has 0 aliphatic heterocycles. The fourth-order valence-electron chi connectivity index (χ4n) is 3.41. The molecular weight excluding hydrogens is 439 g/mol. The molecule has 0 saturated carbocycles. The van der Waals surface area contributed by atoms with E-state index in [2.05, 4.69) is 0 Å². The minimum Gasteiger partial charge on any atom is -0.508 e. The van der Waals surface area contributed by atoms with Gasteiger partial charge in [0.25, 0.3) is 5.52 Å². The van der Waals surface area contributed by atoms with Crippen LogP contribution in [0.25, 0.3) is 11.1 Å². The van der Waals surface area contributed by atoms with E-state index in [-0.39, 0.29) is 17.7 Å². The molecule has 3 N–H and O–H groups in total. The largest absolute Gasteiger partial charge is 0.508 e. The molecule has 0 amide bonds. The molecule has 0 atom stereocenters. The highest BCUT2D eigenvalue weighted by Crippen LogP contribution is 2.40. The van der Waals surface area contributed by atoms with E-state index >= 15 is 0 Å². The van der Waals surface area contributed by atoms with Crippen LogP contribution in [-0.2, 0) is 11.0 Å². The normalized spacial score (nSPS) is 11.2. The summed E-state index contributed by atoms with van der Waals surface area (Å²) < 4.78 is 17.1. The van der Waals surface area contributed by atoms with Crippen molar-refractivity contribution in [2.24, 2.45) is 0 Å². The van der Waals surface area contributed by atoms with Crippen LogP contribution in [0.1, 0.15) is 21.5 Å². The number of hydrogen-bond donors (Lipinski definition) is 3. The van der Waals surface area contributed by atoms with E-state index in [4.69, 9.17) is 14.5 Å². The second-order valence-corrected chi connectivity index (χ2v) is 9.00. The number of rotatable bonds is 7. The summed E-state index contributed by atoms with van der Waals surface area (Å²) >= 11 is 0. The first-order valence-electron chi connectivity index (χ1n) is 10.1. The zero-order valence-electron chi connectivity index (χ0n) is 17.5. The summed E-state index contributed by atoms with van der Waals surface area (Å²) in [5, 5.41) is 10.1. The van der Waals surface area contributed by atoms with Crippen molar-refractivity contribution in [2.45, 2.75) is 6.42 Å². The molecule has 166 valence electrons. The molecule has 4 rings (SSSR count). The van der Waals surface area contributed by atoms with E-state index in [1.165, 1.54) is 18.2 Å². The predicted octanol–water partition coefficient (Wildman–Crippen LogP) is 5.76. The molecule has 0 spiro atoms. The number of benzene rings is 4. The van der Waals surface area contributed by atoms with E-state index in [0.717, 1.165) is 16.7 Å². The van der Waals surface area contributed by atoms with Crippen LogP contribution in [0.4, 0.5) is 0 Å². The van der Waals surface area contributed by atoms with E-state index in [9.17, 15) is 14.5 Å². The topological polar surface area (TPSA) is 104 Å². The highest BCUT2D eigenvalue weighted by atomic mass is 31.2. The van der Waals surface area contributed by atoms with Crippen LogP contribution in [0.5, 0.6) is 17.2 Å². The Morgan fingerprint density at radius 2 is 1.33 bits per heavy atom. The second-order valence-electron chi connectivity index (χ2n) is 7.51. The maximum atomic E-state index is 11.8. The Morgan fingerprint density at radius 1 is 0.758 bits per heavy atom. The van der Waals surface area contributed by atoms with Gasteiger partial charge in [0.2, 0.25) is 0 Å². The summed E-state index contributed by atoms with van der Waals surface area (Å²) in [5.74, 6) is 1.28. The summed E-state index contributed by atoms with van der Waals surface area (Å²) in [6.07, 6.45) is 0.278. The van der Waals surface area contributed by atoms with E-state index in [1.54, 1.807) is 12.1 Å². The highest BCUT2D eigenvalue weighted by molar-refractivity contribution is 7.70. The van der Waals surface area contributed by atoms with Crippen molar-refractivity contribution in [1.82, 2.24) is 0 Å². The van der Waals surface area contributed by atoms with Gasteiger partial charge in [0, 0.05) is 12.0 Å². The molecule has 0 aliphatic rings. The Balaban J connectivity index is 1.45. The van der Waals surface area contributed by atoms with Crippen molar-refractivity contribution in [3.63, 3.8) is 0 Å². The summed E-state index contributed by atoms with van der Waals surface area (Å²) in [5.41, 5.74) is 2.03. The van der Waals surface area contributed by atoms with Crippen molar-refractivity contribution >= 4 is 13.1 Å². The molecule has 0 aliphatic carbocycles. The Hall–Kier alpha value is -3.70.